The van der Waals surface area contributed by atoms with Crippen molar-refractivity contribution in [1.82, 2.24) is 0 Å². The van der Waals surface area contributed by atoms with Crippen molar-refractivity contribution < 1.29 is 69.5 Å². The molecule has 0 heterocycles. The molecule has 0 aliphatic heterocycles. The van der Waals surface area contributed by atoms with E-state index in [1.807, 2.05) is 0 Å². The van der Waals surface area contributed by atoms with Gasteiger partial charge in [-0.05, 0) is 6.92 Å². The van der Waals surface area contributed by atoms with Crippen LogP contribution in [0, 0.1) is 0 Å². The summed E-state index contributed by atoms with van der Waals surface area (Å²) in [4.78, 5) is 28.4. The van der Waals surface area contributed by atoms with Gasteiger partial charge >= 0.3 is 41.5 Å². The van der Waals surface area contributed by atoms with E-state index in [4.69, 9.17) is 30.3 Å². The van der Waals surface area contributed by atoms with E-state index in [0.717, 1.165) is 6.92 Å². The molecule has 0 aliphatic rings. The van der Waals surface area contributed by atoms with Gasteiger partial charge in [0, 0.05) is 5.97 Å². The van der Waals surface area contributed by atoms with E-state index in [1.165, 1.54) is 0 Å². The summed E-state index contributed by atoms with van der Waals surface area (Å²) in [7, 11) is 0. The summed E-state index contributed by atoms with van der Waals surface area (Å²) in [6, 6.07) is 0. The van der Waals surface area contributed by atoms with Crippen molar-refractivity contribution in [2.75, 3.05) is 0 Å². The van der Waals surface area contributed by atoms with Crippen LogP contribution in [0.25, 0.3) is 0 Å². The summed E-state index contributed by atoms with van der Waals surface area (Å²) in [5.41, 5.74) is 0. The van der Waals surface area contributed by atoms with Crippen LogP contribution in [0.4, 0.5) is 0 Å². The van der Waals surface area contributed by atoms with Crippen molar-refractivity contribution >= 4 is 17.9 Å². The van der Waals surface area contributed by atoms with Crippen molar-refractivity contribution in [1.29, 1.82) is 0 Å². The third-order valence-electron chi connectivity index (χ3n) is 0.805. The van der Waals surface area contributed by atoms with E-state index in [0.29, 0.717) is 0 Å². The first-order valence-corrected chi connectivity index (χ1v) is 3.19. The van der Waals surface area contributed by atoms with Crippen molar-refractivity contribution in [3.05, 3.63) is 0 Å². The summed E-state index contributed by atoms with van der Waals surface area (Å²) < 4.78 is 0. The van der Waals surface area contributed by atoms with Gasteiger partial charge in [-0.2, -0.15) is 0 Å². The van der Waals surface area contributed by atoms with Crippen LogP contribution in [0.2, 0.25) is 0 Å². The fraction of sp³-hybridized carbons (Fsp3) is 0.500. The molecule has 0 aromatic carbocycles. The molecular formula is C6H9NaO8. The van der Waals surface area contributed by atoms with Crippen LogP contribution in [0.3, 0.4) is 0 Å². The van der Waals surface area contributed by atoms with Crippen LogP contribution in [0.15, 0.2) is 0 Å². The molecule has 8 nitrogen and oxygen atoms in total. The van der Waals surface area contributed by atoms with E-state index in [9.17, 15) is 9.59 Å². The molecule has 9 heteroatoms. The van der Waals surface area contributed by atoms with Gasteiger partial charge in [-0.15, -0.1) is 0 Å². The molecule has 0 bridgehead atoms. The first-order valence-electron chi connectivity index (χ1n) is 3.19. The molecular weight excluding hydrogens is 223 g/mol. The maximum Gasteiger partial charge on any atom is 1.00 e. The quantitative estimate of drug-likeness (QED) is 0.350. The minimum atomic E-state index is -2.27. The van der Waals surface area contributed by atoms with Gasteiger partial charge in [0.1, 0.15) is 0 Å². The second-order valence-corrected chi connectivity index (χ2v) is 2.06. The first-order chi connectivity index (χ1) is 6.20. The Kier molecular flexibility index (Phi) is 13.1. The Hall–Kier alpha value is -0.670. The number of carbonyl (C=O) groups is 3. The minimum Gasteiger partial charge on any atom is -0.550 e. The number of aliphatic hydroxyl groups excluding tert-OH is 2. The van der Waals surface area contributed by atoms with Crippen molar-refractivity contribution in [2.45, 2.75) is 19.1 Å². The SMILES string of the molecule is CC(=O)[O-].O=C(O)C(O)C(O)C(=O)O.[Na+]. The molecule has 0 saturated heterocycles. The first kappa shape index (κ1) is 19.8. The Balaban J connectivity index is -0.000000249. The number of rotatable bonds is 3. The zero-order valence-electron chi connectivity index (χ0n) is 8.08. The topological polar surface area (TPSA) is 155 Å². The summed E-state index contributed by atoms with van der Waals surface area (Å²) in [5, 5.41) is 41.4. The number of aliphatic carboxylic acids is 3. The van der Waals surface area contributed by atoms with Crippen LogP contribution in [0.1, 0.15) is 6.92 Å². The van der Waals surface area contributed by atoms with Gasteiger partial charge in [-0.3, -0.25) is 0 Å². The van der Waals surface area contributed by atoms with Gasteiger partial charge in [-0.25, -0.2) is 9.59 Å². The van der Waals surface area contributed by atoms with Crippen molar-refractivity contribution in [2.24, 2.45) is 0 Å². The maximum absolute atomic E-state index is 9.77. The Morgan fingerprint density at radius 3 is 1.20 bits per heavy atom. The number of hydrogen-bond acceptors (Lipinski definition) is 6. The second-order valence-electron chi connectivity index (χ2n) is 2.06. The molecule has 0 rings (SSSR count). The van der Waals surface area contributed by atoms with Gasteiger partial charge in [-0.1, -0.05) is 0 Å². The van der Waals surface area contributed by atoms with E-state index in [1.54, 1.807) is 0 Å². The van der Waals surface area contributed by atoms with Gasteiger partial charge in [0.2, 0.25) is 0 Å². The smallest absolute Gasteiger partial charge is 0.550 e. The van der Waals surface area contributed by atoms with E-state index < -0.39 is 30.1 Å². The van der Waals surface area contributed by atoms with E-state index >= 15 is 0 Å². The van der Waals surface area contributed by atoms with Crippen molar-refractivity contribution in [3.63, 3.8) is 0 Å². The van der Waals surface area contributed by atoms with Crippen LogP contribution in [-0.2, 0) is 14.4 Å². The van der Waals surface area contributed by atoms with Gasteiger partial charge in [0.05, 0.1) is 0 Å². The molecule has 15 heavy (non-hydrogen) atoms. The fourth-order valence-corrected chi connectivity index (χ4v) is 0.270. The number of carboxylic acids is 3. The normalized spacial score (nSPS) is 12.2. The average Bonchev–Trinajstić information content (AvgIpc) is 2.00. The molecule has 2 atom stereocenters. The molecule has 0 radical (unpaired) electrons. The Labute approximate surface area is 106 Å². The molecule has 82 valence electrons. The van der Waals surface area contributed by atoms with Crippen LogP contribution in [-0.4, -0.2) is 50.5 Å². The van der Waals surface area contributed by atoms with Gasteiger partial charge in [0.25, 0.3) is 0 Å². The predicted molar refractivity (Wildman–Crippen MR) is 38.0 cm³/mol. The van der Waals surface area contributed by atoms with Crippen LogP contribution in [0.5, 0.6) is 0 Å². The largest absolute Gasteiger partial charge is 1.00 e. The molecule has 0 saturated carbocycles. The zero-order valence-corrected chi connectivity index (χ0v) is 10.1. The zero-order chi connectivity index (χ0) is 11.9. The number of hydrogen-bond donors (Lipinski definition) is 4. The fourth-order valence-electron chi connectivity index (χ4n) is 0.270. The molecule has 4 N–H and O–H groups in total. The van der Waals surface area contributed by atoms with Crippen molar-refractivity contribution in [3.8, 4) is 0 Å². The molecule has 0 aromatic rings. The Morgan fingerprint density at radius 1 is 1.00 bits per heavy atom. The molecule has 0 aromatic heterocycles. The molecule has 2 unspecified atom stereocenters. The number of carbonyl (C=O) groups excluding carboxylic acids is 1. The predicted octanol–water partition coefficient (Wildman–Crippen LogP) is -6.36. The van der Waals surface area contributed by atoms with Crippen LogP contribution >= 0.6 is 0 Å². The van der Waals surface area contributed by atoms with E-state index in [-0.39, 0.29) is 29.6 Å². The average molecular weight is 232 g/mol. The Bertz CT molecular complexity index is 205. The summed E-state index contributed by atoms with van der Waals surface area (Å²) in [6.45, 7) is 0.972. The van der Waals surface area contributed by atoms with E-state index in [2.05, 4.69) is 0 Å². The molecule has 0 amide bonds. The van der Waals surface area contributed by atoms with Crippen LogP contribution < -0.4 is 34.7 Å². The molecule has 0 spiro atoms. The summed E-state index contributed by atoms with van der Waals surface area (Å²) >= 11 is 0. The van der Waals surface area contributed by atoms with Gasteiger partial charge in [0.15, 0.2) is 12.2 Å². The minimum absolute atomic E-state index is 0. The number of carboxylic acid groups (broad SMARTS) is 3. The standard InChI is InChI=1S/C4H6O6.C2H4O2.Na/c5-1(3(7)8)2(6)4(9)10;1-2(3)4;/h1-2,5-6H,(H,7,8)(H,9,10);1H3,(H,3,4);/q;;+1/p-1. The Morgan fingerprint density at radius 2 is 1.13 bits per heavy atom. The third-order valence-corrected chi connectivity index (χ3v) is 0.805. The maximum atomic E-state index is 9.77. The molecule has 0 aliphatic carbocycles. The number of aliphatic hydroxyl groups is 2. The summed E-state index contributed by atoms with van der Waals surface area (Å²) in [6.07, 6.45) is -4.53. The van der Waals surface area contributed by atoms with Gasteiger partial charge < -0.3 is 30.3 Å². The molecule has 0 fully saturated rings. The second kappa shape index (κ2) is 9.87. The summed E-state index contributed by atoms with van der Waals surface area (Å²) in [5.74, 6) is -4.62. The monoisotopic (exact) mass is 232 g/mol. The third kappa shape index (κ3) is 13.3.